The molecule has 4 nitrogen and oxygen atoms in total. The summed E-state index contributed by atoms with van der Waals surface area (Å²) in [4.78, 5) is 8.18. The van der Waals surface area contributed by atoms with Crippen molar-refractivity contribution in [2.75, 3.05) is 6.54 Å². The molecule has 0 amide bonds. The lowest BCUT2D eigenvalue weighted by atomic mass is 10.1. The van der Waals surface area contributed by atoms with Crippen LogP contribution in [0.5, 0.6) is 0 Å². The van der Waals surface area contributed by atoms with Crippen LogP contribution in [0.4, 0.5) is 0 Å². The van der Waals surface area contributed by atoms with Gasteiger partial charge in [-0.25, -0.2) is 9.97 Å². The van der Waals surface area contributed by atoms with Gasteiger partial charge in [0.25, 0.3) is 0 Å². The third-order valence-corrected chi connectivity index (χ3v) is 3.61. The number of rotatable bonds is 5. The summed E-state index contributed by atoms with van der Waals surface area (Å²) in [6.07, 6.45) is 6.16. The third-order valence-electron chi connectivity index (χ3n) is 3.31. The molecule has 21 heavy (non-hydrogen) atoms. The maximum atomic E-state index is 6.19. The van der Waals surface area contributed by atoms with Crippen LogP contribution in [0.1, 0.15) is 30.7 Å². The Hall–Kier alpha value is -1.91. The van der Waals surface area contributed by atoms with Crippen molar-refractivity contribution in [3.05, 3.63) is 59.3 Å². The molecule has 0 radical (unpaired) electrons. The van der Waals surface area contributed by atoms with E-state index in [1.807, 2.05) is 24.3 Å². The topological polar surface area (TPSA) is 51.0 Å². The standard InChI is InChI=1S/C16H16ClN3O/c1-2-6-20-15(12-8-18-10-19-9-12)14-7-11-4-3-5-13(17)16(11)21-14/h3-5,7-10,15,20H,2,6H2,1H3. The van der Waals surface area contributed by atoms with E-state index in [0.29, 0.717) is 10.6 Å². The number of fused-ring (bicyclic) bond motifs is 1. The molecule has 0 fully saturated rings. The molecular weight excluding hydrogens is 286 g/mol. The van der Waals surface area contributed by atoms with Gasteiger partial charge in [0.15, 0.2) is 5.58 Å². The molecule has 1 aromatic carbocycles. The molecule has 108 valence electrons. The van der Waals surface area contributed by atoms with Gasteiger partial charge in [0, 0.05) is 23.3 Å². The Bertz CT molecular complexity index is 727. The Morgan fingerprint density at radius 2 is 2.10 bits per heavy atom. The summed E-state index contributed by atoms with van der Waals surface area (Å²) >= 11 is 6.19. The number of nitrogens with zero attached hydrogens (tertiary/aromatic N) is 2. The van der Waals surface area contributed by atoms with Gasteiger partial charge in [-0.05, 0) is 25.1 Å². The average Bonchev–Trinajstić information content (AvgIpc) is 2.94. The largest absolute Gasteiger partial charge is 0.457 e. The van der Waals surface area contributed by atoms with E-state index in [9.17, 15) is 0 Å². The van der Waals surface area contributed by atoms with Crippen LogP contribution in [0.15, 0.2) is 47.4 Å². The van der Waals surface area contributed by atoms with E-state index in [-0.39, 0.29) is 6.04 Å². The highest BCUT2D eigenvalue weighted by molar-refractivity contribution is 6.34. The minimum atomic E-state index is -0.0744. The zero-order valence-corrected chi connectivity index (χ0v) is 12.5. The predicted octanol–water partition coefficient (Wildman–Crippen LogP) is 3.97. The molecule has 0 spiro atoms. The Balaban J connectivity index is 2.03. The highest BCUT2D eigenvalue weighted by Gasteiger charge is 2.19. The molecule has 1 N–H and O–H groups in total. The molecule has 0 aliphatic carbocycles. The fraction of sp³-hybridized carbons (Fsp3) is 0.250. The Morgan fingerprint density at radius 3 is 2.81 bits per heavy atom. The fourth-order valence-corrected chi connectivity index (χ4v) is 2.54. The number of nitrogens with one attached hydrogen (secondary N) is 1. The molecule has 3 aromatic rings. The van der Waals surface area contributed by atoms with Gasteiger partial charge in [-0.1, -0.05) is 30.7 Å². The molecule has 0 bridgehead atoms. The highest BCUT2D eigenvalue weighted by Crippen LogP contribution is 2.31. The monoisotopic (exact) mass is 301 g/mol. The summed E-state index contributed by atoms with van der Waals surface area (Å²) in [7, 11) is 0. The molecule has 2 aromatic heterocycles. The summed E-state index contributed by atoms with van der Waals surface area (Å²) in [5.74, 6) is 0.821. The van der Waals surface area contributed by atoms with Crippen molar-refractivity contribution >= 4 is 22.6 Å². The molecule has 0 saturated heterocycles. The zero-order valence-electron chi connectivity index (χ0n) is 11.7. The van der Waals surface area contributed by atoms with Gasteiger partial charge in [0.2, 0.25) is 0 Å². The third kappa shape index (κ3) is 2.91. The minimum Gasteiger partial charge on any atom is -0.457 e. The Morgan fingerprint density at radius 1 is 1.29 bits per heavy atom. The second kappa shape index (κ2) is 6.24. The summed E-state index contributed by atoms with van der Waals surface area (Å²) in [6, 6.07) is 7.68. The van der Waals surface area contributed by atoms with Gasteiger partial charge < -0.3 is 9.73 Å². The van der Waals surface area contributed by atoms with Crippen molar-refractivity contribution in [2.24, 2.45) is 0 Å². The molecule has 1 unspecified atom stereocenters. The summed E-state index contributed by atoms with van der Waals surface area (Å²) in [5, 5.41) is 5.09. The summed E-state index contributed by atoms with van der Waals surface area (Å²) in [6.45, 7) is 3.01. The van der Waals surface area contributed by atoms with Gasteiger partial charge in [0.05, 0.1) is 11.1 Å². The lowest BCUT2D eigenvalue weighted by molar-refractivity contribution is 0.468. The van der Waals surface area contributed by atoms with Gasteiger partial charge >= 0.3 is 0 Å². The van der Waals surface area contributed by atoms with Crippen molar-refractivity contribution in [1.29, 1.82) is 0 Å². The van der Waals surface area contributed by atoms with Gasteiger partial charge in [-0.3, -0.25) is 0 Å². The first-order valence-corrected chi connectivity index (χ1v) is 7.33. The smallest absolute Gasteiger partial charge is 0.152 e. The number of furan rings is 1. The number of hydrogen-bond acceptors (Lipinski definition) is 4. The van der Waals surface area contributed by atoms with Crippen LogP contribution in [-0.2, 0) is 0 Å². The quantitative estimate of drug-likeness (QED) is 0.775. The molecule has 0 aliphatic rings. The highest BCUT2D eigenvalue weighted by atomic mass is 35.5. The maximum absolute atomic E-state index is 6.19. The number of hydrogen-bond donors (Lipinski definition) is 1. The van der Waals surface area contributed by atoms with Crippen molar-refractivity contribution in [1.82, 2.24) is 15.3 Å². The molecule has 0 aliphatic heterocycles. The second-order valence-corrected chi connectivity index (χ2v) is 5.27. The van der Waals surface area contributed by atoms with Gasteiger partial charge in [-0.15, -0.1) is 0 Å². The molecule has 1 atom stereocenters. The molecule has 5 heteroatoms. The normalized spacial score (nSPS) is 12.7. The van der Waals surface area contributed by atoms with E-state index < -0.39 is 0 Å². The van der Waals surface area contributed by atoms with Crippen LogP contribution in [0.3, 0.4) is 0 Å². The number of aromatic nitrogens is 2. The van der Waals surface area contributed by atoms with Crippen molar-refractivity contribution in [2.45, 2.75) is 19.4 Å². The number of para-hydroxylation sites is 1. The maximum Gasteiger partial charge on any atom is 0.152 e. The van der Waals surface area contributed by atoms with Crippen molar-refractivity contribution in [3.8, 4) is 0 Å². The lowest BCUT2D eigenvalue weighted by Crippen LogP contribution is -2.23. The first-order chi connectivity index (χ1) is 10.3. The fourth-order valence-electron chi connectivity index (χ4n) is 2.32. The van der Waals surface area contributed by atoms with Gasteiger partial charge in [-0.2, -0.15) is 0 Å². The summed E-state index contributed by atoms with van der Waals surface area (Å²) < 4.78 is 5.96. The van der Waals surface area contributed by atoms with Crippen LogP contribution in [-0.4, -0.2) is 16.5 Å². The minimum absolute atomic E-state index is 0.0744. The number of halogens is 1. The SMILES string of the molecule is CCCNC(c1cncnc1)c1cc2cccc(Cl)c2o1. The molecular formula is C16H16ClN3O. The van der Waals surface area contributed by atoms with Crippen LogP contribution >= 0.6 is 11.6 Å². The van der Waals surface area contributed by atoms with E-state index in [4.69, 9.17) is 16.0 Å². The predicted molar refractivity (Wildman–Crippen MR) is 83.4 cm³/mol. The first kappa shape index (κ1) is 14.0. The zero-order chi connectivity index (χ0) is 14.7. The Labute approximate surface area is 128 Å². The van der Waals surface area contributed by atoms with Crippen LogP contribution in [0, 0.1) is 0 Å². The molecule has 3 rings (SSSR count). The second-order valence-electron chi connectivity index (χ2n) is 4.87. The summed E-state index contributed by atoms with van der Waals surface area (Å²) in [5.41, 5.74) is 1.69. The van der Waals surface area contributed by atoms with Crippen LogP contribution in [0.2, 0.25) is 5.02 Å². The van der Waals surface area contributed by atoms with Gasteiger partial charge in [0.1, 0.15) is 12.1 Å². The van der Waals surface area contributed by atoms with E-state index in [0.717, 1.165) is 29.7 Å². The van der Waals surface area contributed by atoms with Crippen LogP contribution in [0.25, 0.3) is 11.0 Å². The molecule has 0 saturated carbocycles. The lowest BCUT2D eigenvalue weighted by Gasteiger charge is -2.15. The van der Waals surface area contributed by atoms with Crippen molar-refractivity contribution < 1.29 is 4.42 Å². The molecule has 2 heterocycles. The van der Waals surface area contributed by atoms with E-state index in [2.05, 4.69) is 22.2 Å². The van der Waals surface area contributed by atoms with E-state index >= 15 is 0 Å². The Kier molecular flexibility index (Phi) is 4.18. The van der Waals surface area contributed by atoms with Crippen molar-refractivity contribution in [3.63, 3.8) is 0 Å². The number of benzene rings is 1. The first-order valence-electron chi connectivity index (χ1n) is 6.96. The average molecular weight is 302 g/mol. The van der Waals surface area contributed by atoms with E-state index in [1.165, 1.54) is 6.33 Å². The van der Waals surface area contributed by atoms with Crippen LogP contribution < -0.4 is 5.32 Å². The van der Waals surface area contributed by atoms with E-state index in [1.54, 1.807) is 12.4 Å².